The number of halogens is 2. The third-order valence-electron chi connectivity index (χ3n) is 5.42. The lowest BCUT2D eigenvalue weighted by atomic mass is 9.96. The Bertz CT molecular complexity index is 915. The van der Waals surface area contributed by atoms with E-state index in [2.05, 4.69) is 15.5 Å². The van der Waals surface area contributed by atoms with E-state index in [9.17, 15) is 9.59 Å². The molecule has 1 saturated heterocycles. The predicted molar refractivity (Wildman–Crippen MR) is 124 cm³/mol. The van der Waals surface area contributed by atoms with Gasteiger partial charge in [-0.1, -0.05) is 41.4 Å². The van der Waals surface area contributed by atoms with E-state index >= 15 is 0 Å². The van der Waals surface area contributed by atoms with Crippen molar-refractivity contribution in [2.24, 2.45) is 5.92 Å². The molecule has 1 aliphatic heterocycles. The molecule has 1 heterocycles. The molecule has 8 heteroatoms. The van der Waals surface area contributed by atoms with E-state index in [-0.39, 0.29) is 24.3 Å². The van der Waals surface area contributed by atoms with Crippen LogP contribution in [0.25, 0.3) is 0 Å². The Hall–Kier alpha value is -2.28. The summed E-state index contributed by atoms with van der Waals surface area (Å²) in [6.45, 7) is 2.27. The first-order valence-electron chi connectivity index (χ1n) is 10.3. The Morgan fingerprint density at radius 3 is 2.55 bits per heavy atom. The summed E-state index contributed by atoms with van der Waals surface area (Å²) in [6, 6.07) is 12.8. The van der Waals surface area contributed by atoms with Crippen LogP contribution in [-0.2, 0) is 16.0 Å². The van der Waals surface area contributed by atoms with E-state index in [0.717, 1.165) is 30.6 Å². The summed E-state index contributed by atoms with van der Waals surface area (Å²) >= 11 is 11.9. The van der Waals surface area contributed by atoms with Crippen LogP contribution < -0.4 is 15.4 Å². The zero-order valence-electron chi connectivity index (χ0n) is 17.5. The zero-order valence-corrected chi connectivity index (χ0v) is 19.0. The highest BCUT2D eigenvalue weighted by Gasteiger charge is 2.25. The minimum absolute atomic E-state index is 0.0212. The molecule has 6 nitrogen and oxygen atoms in total. The molecule has 0 aliphatic carbocycles. The van der Waals surface area contributed by atoms with Crippen LogP contribution >= 0.6 is 23.2 Å². The first-order chi connectivity index (χ1) is 15.0. The fraction of sp³-hybridized carbons (Fsp3) is 0.391. The summed E-state index contributed by atoms with van der Waals surface area (Å²) in [7, 11) is 1.65. The van der Waals surface area contributed by atoms with Crippen LogP contribution in [0.4, 0.5) is 5.69 Å². The topological polar surface area (TPSA) is 70.7 Å². The van der Waals surface area contributed by atoms with Gasteiger partial charge < -0.3 is 15.4 Å². The minimum Gasteiger partial charge on any atom is -0.496 e. The van der Waals surface area contributed by atoms with Crippen LogP contribution in [0.15, 0.2) is 42.5 Å². The second kappa shape index (κ2) is 11.4. The first-order valence-corrected chi connectivity index (χ1v) is 11.1. The number of methoxy groups -OCH3 is 1. The molecule has 0 aromatic heterocycles. The van der Waals surface area contributed by atoms with Crippen molar-refractivity contribution < 1.29 is 14.3 Å². The number of carbonyl (C=O) groups excluding carboxylic acids is 2. The maximum atomic E-state index is 12.5. The number of carbonyl (C=O) groups is 2. The fourth-order valence-corrected chi connectivity index (χ4v) is 4.00. The maximum absolute atomic E-state index is 12.5. The Morgan fingerprint density at radius 2 is 1.84 bits per heavy atom. The van der Waals surface area contributed by atoms with Gasteiger partial charge in [-0.2, -0.15) is 0 Å². The number of likely N-dealkylation sites (tertiary alicyclic amines) is 1. The number of piperidine rings is 1. The van der Waals surface area contributed by atoms with Gasteiger partial charge in [-0.3, -0.25) is 14.5 Å². The number of nitrogens with one attached hydrogen (secondary N) is 2. The van der Waals surface area contributed by atoms with Gasteiger partial charge in [-0.05, 0) is 62.2 Å². The molecule has 0 spiro atoms. The Labute approximate surface area is 192 Å². The lowest BCUT2D eigenvalue weighted by Gasteiger charge is -2.30. The fourth-order valence-electron chi connectivity index (χ4n) is 3.70. The molecule has 3 rings (SSSR count). The second-order valence-electron chi connectivity index (χ2n) is 7.58. The summed E-state index contributed by atoms with van der Waals surface area (Å²) in [6.07, 6.45) is 2.20. The summed E-state index contributed by atoms with van der Waals surface area (Å²) in [5.41, 5.74) is 1.69. The summed E-state index contributed by atoms with van der Waals surface area (Å²) in [5.74, 6) is 0.782. The van der Waals surface area contributed by atoms with Crippen molar-refractivity contribution in [3.05, 3.63) is 58.1 Å². The van der Waals surface area contributed by atoms with Crippen LogP contribution in [0.3, 0.4) is 0 Å². The number of ether oxygens (including phenoxy) is 1. The van der Waals surface area contributed by atoms with Crippen molar-refractivity contribution in [2.75, 3.05) is 38.6 Å². The highest BCUT2D eigenvalue weighted by Crippen LogP contribution is 2.25. The number of amides is 2. The second-order valence-corrected chi connectivity index (χ2v) is 8.39. The van der Waals surface area contributed by atoms with E-state index < -0.39 is 0 Å². The number of hydrogen-bond donors (Lipinski definition) is 2. The largest absolute Gasteiger partial charge is 0.496 e. The van der Waals surface area contributed by atoms with Crippen LogP contribution in [0.2, 0.25) is 10.0 Å². The molecule has 1 aliphatic rings. The average Bonchev–Trinajstić information content (AvgIpc) is 2.77. The van der Waals surface area contributed by atoms with Gasteiger partial charge in [0.15, 0.2) is 0 Å². The molecule has 1 fully saturated rings. The van der Waals surface area contributed by atoms with Gasteiger partial charge in [0.2, 0.25) is 11.8 Å². The number of nitrogens with zero attached hydrogens (tertiary/aromatic N) is 1. The molecule has 31 heavy (non-hydrogen) atoms. The minimum atomic E-state index is -0.113. The Kier molecular flexibility index (Phi) is 8.58. The molecular weight excluding hydrogens is 437 g/mol. The van der Waals surface area contributed by atoms with E-state index in [1.54, 1.807) is 25.3 Å². The standard InChI is InChI=1S/C23H27Cl2N3O3/c1-31-21-5-3-2-4-16(21)8-11-26-23(30)17-9-12-28(13-10-17)15-22(29)27-18-6-7-19(24)20(25)14-18/h2-7,14,17H,8-13,15H2,1H3,(H,26,30)(H,27,29). The quantitative estimate of drug-likeness (QED) is 0.620. The van der Waals surface area contributed by atoms with Crippen LogP contribution in [0.1, 0.15) is 18.4 Å². The Balaban J connectivity index is 1.38. The molecule has 0 bridgehead atoms. The predicted octanol–water partition coefficient (Wildman–Crippen LogP) is 4.01. The zero-order chi connectivity index (χ0) is 22.2. The summed E-state index contributed by atoms with van der Waals surface area (Å²) < 4.78 is 5.35. The molecule has 0 radical (unpaired) electrons. The number of benzene rings is 2. The average molecular weight is 464 g/mol. The van der Waals surface area contributed by atoms with Gasteiger partial charge in [0, 0.05) is 18.2 Å². The van der Waals surface area contributed by atoms with Gasteiger partial charge in [0.05, 0.1) is 23.7 Å². The Morgan fingerprint density at radius 1 is 1.10 bits per heavy atom. The summed E-state index contributed by atoms with van der Waals surface area (Å²) in [5, 5.41) is 6.71. The molecule has 0 unspecified atom stereocenters. The smallest absolute Gasteiger partial charge is 0.238 e. The van der Waals surface area contributed by atoms with Crippen LogP contribution in [0, 0.1) is 5.92 Å². The highest BCUT2D eigenvalue weighted by molar-refractivity contribution is 6.42. The van der Waals surface area contributed by atoms with Crippen molar-refractivity contribution in [3.63, 3.8) is 0 Å². The molecule has 0 saturated carbocycles. The number of para-hydroxylation sites is 1. The summed E-state index contributed by atoms with van der Waals surface area (Å²) in [4.78, 5) is 26.9. The molecule has 0 atom stereocenters. The highest BCUT2D eigenvalue weighted by atomic mass is 35.5. The number of hydrogen-bond acceptors (Lipinski definition) is 4. The van der Waals surface area contributed by atoms with Crippen molar-refractivity contribution in [1.82, 2.24) is 10.2 Å². The molecule has 2 aromatic carbocycles. The van der Waals surface area contributed by atoms with Gasteiger partial charge in [-0.25, -0.2) is 0 Å². The molecule has 2 N–H and O–H groups in total. The van der Waals surface area contributed by atoms with Crippen molar-refractivity contribution in [1.29, 1.82) is 0 Å². The van der Waals surface area contributed by atoms with E-state index in [4.69, 9.17) is 27.9 Å². The number of rotatable bonds is 8. The van der Waals surface area contributed by atoms with Gasteiger partial charge >= 0.3 is 0 Å². The molecule has 2 aromatic rings. The molecule has 2 amide bonds. The van der Waals surface area contributed by atoms with E-state index in [1.807, 2.05) is 24.3 Å². The van der Waals surface area contributed by atoms with Crippen molar-refractivity contribution in [2.45, 2.75) is 19.3 Å². The maximum Gasteiger partial charge on any atom is 0.238 e. The van der Waals surface area contributed by atoms with Crippen molar-refractivity contribution >= 4 is 40.7 Å². The van der Waals surface area contributed by atoms with Crippen LogP contribution in [-0.4, -0.2) is 50.0 Å². The monoisotopic (exact) mass is 463 g/mol. The first kappa shape index (κ1) is 23.4. The van der Waals surface area contributed by atoms with Crippen molar-refractivity contribution in [3.8, 4) is 5.75 Å². The van der Waals surface area contributed by atoms with E-state index in [0.29, 0.717) is 35.4 Å². The third kappa shape index (κ3) is 6.86. The normalized spacial score (nSPS) is 14.8. The lowest BCUT2D eigenvalue weighted by Crippen LogP contribution is -2.43. The van der Waals surface area contributed by atoms with Crippen LogP contribution in [0.5, 0.6) is 5.75 Å². The number of anilines is 1. The lowest BCUT2D eigenvalue weighted by molar-refractivity contribution is -0.126. The SMILES string of the molecule is COc1ccccc1CCNC(=O)C1CCN(CC(=O)Nc2ccc(Cl)c(Cl)c2)CC1. The van der Waals surface area contributed by atoms with E-state index in [1.165, 1.54) is 0 Å². The van der Waals surface area contributed by atoms with Gasteiger partial charge in [0.25, 0.3) is 0 Å². The van der Waals surface area contributed by atoms with Gasteiger partial charge in [0.1, 0.15) is 5.75 Å². The molecule has 166 valence electrons. The molecular formula is C23H27Cl2N3O3. The van der Waals surface area contributed by atoms with Gasteiger partial charge in [-0.15, -0.1) is 0 Å². The third-order valence-corrected chi connectivity index (χ3v) is 6.15.